The molecule has 0 aromatic carbocycles. The molecule has 86 valence electrons. The van der Waals surface area contributed by atoms with E-state index in [1.165, 1.54) is 0 Å². The summed E-state index contributed by atoms with van der Waals surface area (Å²) in [7, 11) is 0. The number of hydrogen-bond donors (Lipinski definition) is 0. The van der Waals surface area contributed by atoms with E-state index in [0.29, 0.717) is 5.82 Å². The minimum atomic E-state index is 0.631. The van der Waals surface area contributed by atoms with Crippen LogP contribution >= 0.6 is 0 Å². The first kappa shape index (κ1) is 10.5. The first-order chi connectivity index (χ1) is 8.95. The maximum absolute atomic E-state index is 4.24. The molecule has 0 bridgehead atoms. The molecule has 0 aliphatic heterocycles. The Morgan fingerprint density at radius 1 is 0.778 bits per heavy atom. The van der Waals surface area contributed by atoms with Crippen molar-refractivity contribution < 1.29 is 0 Å². The summed E-state index contributed by atoms with van der Waals surface area (Å²) in [5, 5.41) is 7.99. The van der Waals surface area contributed by atoms with E-state index in [2.05, 4.69) is 25.1 Å². The molecule has 0 spiro atoms. The predicted octanol–water partition coefficient (Wildman–Crippen LogP) is 2.00. The minimum Gasteiger partial charge on any atom is -0.264 e. The molecule has 0 aliphatic rings. The Kier molecular flexibility index (Phi) is 2.71. The van der Waals surface area contributed by atoms with Crippen molar-refractivity contribution in [3.05, 3.63) is 55.2 Å². The molecule has 0 fully saturated rings. The molecule has 5 nitrogen and oxygen atoms in total. The number of nitrogens with zero attached hydrogens (tertiary/aromatic N) is 5. The van der Waals surface area contributed by atoms with Gasteiger partial charge in [-0.2, -0.15) is 10.2 Å². The molecule has 0 N–H and O–H groups in total. The molecule has 0 aliphatic carbocycles. The van der Waals surface area contributed by atoms with Crippen LogP contribution in [0.5, 0.6) is 0 Å². The summed E-state index contributed by atoms with van der Waals surface area (Å²) in [5.41, 5.74) is 2.55. The number of rotatable bonds is 2. The Bertz CT molecular complexity index is 581. The topological polar surface area (TPSA) is 64.5 Å². The lowest BCUT2D eigenvalue weighted by Crippen LogP contribution is -1.93. The van der Waals surface area contributed by atoms with Crippen molar-refractivity contribution in [2.45, 2.75) is 0 Å². The quantitative estimate of drug-likeness (QED) is 0.679. The molecule has 0 atom stereocenters. The molecule has 3 heterocycles. The van der Waals surface area contributed by atoms with Gasteiger partial charge in [0.1, 0.15) is 0 Å². The molecule has 5 heteroatoms. The molecule has 0 unspecified atom stereocenters. The van der Waals surface area contributed by atoms with Crippen LogP contribution in [0.3, 0.4) is 0 Å². The van der Waals surface area contributed by atoms with E-state index in [9.17, 15) is 0 Å². The van der Waals surface area contributed by atoms with E-state index in [-0.39, 0.29) is 0 Å². The summed E-state index contributed by atoms with van der Waals surface area (Å²) < 4.78 is 0. The summed E-state index contributed by atoms with van der Waals surface area (Å²) in [4.78, 5) is 12.6. The Balaban J connectivity index is 2.18. The normalized spacial score (nSPS) is 10.2. The molecule has 0 saturated heterocycles. The Morgan fingerprint density at radius 2 is 1.67 bits per heavy atom. The summed E-state index contributed by atoms with van der Waals surface area (Å²) in [6.07, 6.45) is 8.50. The van der Waals surface area contributed by atoms with Gasteiger partial charge < -0.3 is 0 Å². The standard InChI is InChI=1S/C13H9N5/c1-3-12(18-17-7-1)10-4-8-14-9-11(10)13-15-5-2-6-16-13/h1-9H. The number of aromatic nitrogens is 5. The molecule has 0 amide bonds. The summed E-state index contributed by atoms with van der Waals surface area (Å²) in [6.45, 7) is 0. The second-order valence-corrected chi connectivity index (χ2v) is 3.60. The molecule has 18 heavy (non-hydrogen) atoms. The third-order valence-electron chi connectivity index (χ3n) is 2.48. The van der Waals surface area contributed by atoms with Crippen LogP contribution < -0.4 is 0 Å². The van der Waals surface area contributed by atoms with Gasteiger partial charge in [0.15, 0.2) is 5.82 Å². The van der Waals surface area contributed by atoms with Crippen molar-refractivity contribution in [2.75, 3.05) is 0 Å². The van der Waals surface area contributed by atoms with Crippen LogP contribution in [0.1, 0.15) is 0 Å². The van der Waals surface area contributed by atoms with Gasteiger partial charge in [-0.25, -0.2) is 9.97 Å². The molecule has 3 rings (SSSR count). The number of pyridine rings is 1. The summed E-state index contributed by atoms with van der Waals surface area (Å²) in [6, 6.07) is 7.41. The third kappa shape index (κ3) is 1.93. The summed E-state index contributed by atoms with van der Waals surface area (Å²) in [5.74, 6) is 0.631. The van der Waals surface area contributed by atoms with Gasteiger partial charge in [-0.1, -0.05) is 0 Å². The Morgan fingerprint density at radius 3 is 2.44 bits per heavy atom. The maximum atomic E-state index is 4.24. The molecular formula is C13H9N5. The molecular weight excluding hydrogens is 226 g/mol. The minimum absolute atomic E-state index is 0.631. The first-order valence-electron chi connectivity index (χ1n) is 5.44. The van der Waals surface area contributed by atoms with E-state index in [1.807, 2.05) is 18.2 Å². The van der Waals surface area contributed by atoms with Crippen LogP contribution in [0.15, 0.2) is 55.2 Å². The predicted molar refractivity (Wildman–Crippen MR) is 66.3 cm³/mol. The lowest BCUT2D eigenvalue weighted by molar-refractivity contribution is 1.04. The Hall–Kier alpha value is -2.69. The van der Waals surface area contributed by atoms with Gasteiger partial charge in [-0.05, 0) is 24.3 Å². The summed E-state index contributed by atoms with van der Waals surface area (Å²) >= 11 is 0. The molecule has 3 aromatic rings. The third-order valence-corrected chi connectivity index (χ3v) is 2.48. The average molecular weight is 235 g/mol. The van der Waals surface area contributed by atoms with Crippen molar-refractivity contribution in [1.82, 2.24) is 25.1 Å². The SMILES string of the molecule is c1cnc(-c2cnccc2-c2cccnn2)nc1. The van der Waals surface area contributed by atoms with Crippen LogP contribution in [0, 0.1) is 0 Å². The molecule has 3 aromatic heterocycles. The second kappa shape index (κ2) is 4.67. The van der Waals surface area contributed by atoms with Crippen LogP contribution in [0.2, 0.25) is 0 Å². The monoisotopic (exact) mass is 235 g/mol. The van der Waals surface area contributed by atoms with Gasteiger partial charge in [0.25, 0.3) is 0 Å². The highest BCUT2D eigenvalue weighted by atomic mass is 15.1. The van der Waals surface area contributed by atoms with Gasteiger partial charge in [0.05, 0.1) is 5.69 Å². The average Bonchev–Trinajstić information content (AvgIpc) is 2.49. The van der Waals surface area contributed by atoms with E-state index in [4.69, 9.17) is 0 Å². The fourth-order valence-corrected chi connectivity index (χ4v) is 1.68. The van der Waals surface area contributed by atoms with E-state index >= 15 is 0 Å². The van der Waals surface area contributed by atoms with Crippen LogP contribution in [-0.2, 0) is 0 Å². The van der Waals surface area contributed by atoms with Crippen molar-refractivity contribution >= 4 is 0 Å². The van der Waals surface area contributed by atoms with Gasteiger partial charge >= 0.3 is 0 Å². The highest BCUT2D eigenvalue weighted by molar-refractivity contribution is 5.77. The number of hydrogen-bond acceptors (Lipinski definition) is 5. The zero-order valence-corrected chi connectivity index (χ0v) is 9.43. The largest absolute Gasteiger partial charge is 0.264 e. The van der Waals surface area contributed by atoms with Crippen molar-refractivity contribution in [3.63, 3.8) is 0 Å². The fraction of sp³-hybridized carbons (Fsp3) is 0. The first-order valence-corrected chi connectivity index (χ1v) is 5.44. The van der Waals surface area contributed by atoms with E-state index < -0.39 is 0 Å². The van der Waals surface area contributed by atoms with Gasteiger partial charge in [0.2, 0.25) is 0 Å². The maximum Gasteiger partial charge on any atom is 0.161 e. The lowest BCUT2D eigenvalue weighted by Gasteiger charge is -2.05. The van der Waals surface area contributed by atoms with Gasteiger partial charge in [0, 0.05) is 42.1 Å². The Labute approximate surface area is 104 Å². The van der Waals surface area contributed by atoms with Gasteiger partial charge in [-0.3, -0.25) is 4.98 Å². The highest BCUT2D eigenvalue weighted by Gasteiger charge is 2.10. The second-order valence-electron chi connectivity index (χ2n) is 3.60. The lowest BCUT2D eigenvalue weighted by atomic mass is 10.1. The zero-order valence-electron chi connectivity index (χ0n) is 9.43. The fourth-order valence-electron chi connectivity index (χ4n) is 1.68. The van der Waals surface area contributed by atoms with Crippen LogP contribution in [-0.4, -0.2) is 25.1 Å². The molecule has 0 radical (unpaired) electrons. The van der Waals surface area contributed by atoms with Gasteiger partial charge in [-0.15, -0.1) is 0 Å². The zero-order chi connectivity index (χ0) is 12.2. The smallest absolute Gasteiger partial charge is 0.161 e. The van der Waals surface area contributed by atoms with E-state index in [1.54, 1.807) is 37.1 Å². The van der Waals surface area contributed by atoms with E-state index in [0.717, 1.165) is 16.8 Å². The highest BCUT2D eigenvalue weighted by Crippen LogP contribution is 2.26. The van der Waals surface area contributed by atoms with Crippen LogP contribution in [0.4, 0.5) is 0 Å². The molecule has 0 saturated carbocycles. The van der Waals surface area contributed by atoms with Crippen molar-refractivity contribution in [1.29, 1.82) is 0 Å². The van der Waals surface area contributed by atoms with Crippen molar-refractivity contribution in [2.24, 2.45) is 0 Å². The van der Waals surface area contributed by atoms with Crippen LogP contribution in [0.25, 0.3) is 22.6 Å². The van der Waals surface area contributed by atoms with Crippen molar-refractivity contribution in [3.8, 4) is 22.6 Å².